The van der Waals surface area contributed by atoms with Gasteiger partial charge in [-0.25, -0.2) is 16.8 Å². The highest BCUT2D eigenvalue weighted by atomic mass is 32.2. The second-order valence-electron chi connectivity index (χ2n) is 11.4. The number of hydrogen-bond acceptors (Lipinski definition) is 4. The zero-order valence-corrected chi connectivity index (χ0v) is 19.8. The van der Waals surface area contributed by atoms with Crippen molar-refractivity contribution in [3.63, 3.8) is 0 Å². The topological polar surface area (TPSA) is 68.3 Å². The molecule has 8 atom stereocenters. The van der Waals surface area contributed by atoms with E-state index in [1.807, 2.05) is 12.1 Å². The van der Waals surface area contributed by atoms with Gasteiger partial charge in [0.2, 0.25) is 0 Å². The lowest BCUT2D eigenvalue weighted by molar-refractivity contribution is 0.208. The van der Waals surface area contributed by atoms with Gasteiger partial charge in [-0.2, -0.15) is 0 Å². The van der Waals surface area contributed by atoms with Crippen molar-refractivity contribution in [1.29, 1.82) is 0 Å². The van der Waals surface area contributed by atoms with Gasteiger partial charge in [-0.1, -0.05) is 48.6 Å². The fraction of sp³-hybridized carbons (Fsp3) is 0.481. The highest BCUT2D eigenvalue weighted by Gasteiger charge is 2.98. The molecule has 0 aromatic heterocycles. The molecule has 6 aliphatic carbocycles. The molecule has 4 nitrogen and oxygen atoms in total. The van der Waals surface area contributed by atoms with Crippen molar-refractivity contribution in [3.05, 3.63) is 72.8 Å². The van der Waals surface area contributed by atoms with Gasteiger partial charge in [0, 0.05) is 0 Å². The van der Waals surface area contributed by atoms with Crippen molar-refractivity contribution < 1.29 is 16.8 Å². The van der Waals surface area contributed by atoms with Gasteiger partial charge in [0.25, 0.3) is 0 Å². The zero-order valence-electron chi connectivity index (χ0n) is 18.2. The number of benzene rings is 2. The average molecular weight is 479 g/mol. The predicted molar refractivity (Wildman–Crippen MR) is 124 cm³/mol. The maximum atomic E-state index is 14.3. The minimum absolute atomic E-state index is 0.00279. The van der Waals surface area contributed by atoms with E-state index in [0.717, 1.165) is 25.7 Å². The fourth-order valence-corrected chi connectivity index (χ4v) is 15.3. The molecule has 6 heteroatoms. The third-order valence-electron chi connectivity index (χ3n) is 10.8. The van der Waals surface area contributed by atoms with Crippen LogP contribution in [-0.4, -0.2) is 27.3 Å². The lowest BCUT2D eigenvalue weighted by Crippen LogP contribution is -2.50. The maximum Gasteiger partial charge on any atom is 0.182 e. The zero-order chi connectivity index (χ0) is 22.4. The van der Waals surface area contributed by atoms with Gasteiger partial charge in [-0.3, -0.25) is 0 Å². The van der Waals surface area contributed by atoms with Crippen LogP contribution in [0.15, 0.2) is 82.6 Å². The van der Waals surface area contributed by atoms with Gasteiger partial charge in [-0.05, 0) is 89.9 Å². The molecule has 0 N–H and O–H groups in total. The molecule has 0 radical (unpaired) electrons. The molecule has 8 rings (SSSR count). The molecular weight excluding hydrogens is 452 g/mol. The van der Waals surface area contributed by atoms with Crippen molar-refractivity contribution in [2.45, 2.75) is 46.0 Å². The Labute approximate surface area is 194 Å². The predicted octanol–water partition coefficient (Wildman–Crippen LogP) is 4.29. The Balaban J connectivity index is 1.40. The summed E-state index contributed by atoms with van der Waals surface area (Å²) in [6.45, 7) is 0. The van der Waals surface area contributed by atoms with Gasteiger partial charge in [-0.15, -0.1) is 0 Å². The Hall–Kier alpha value is -1.92. The van der Waals surface area contributed by atoms with Gasteiger partial charge in [0.1, 0.15) is 0 Å². The summed E-state index contributed by atoms with van der Waals surface area (Å²) in [4.78, 5) is 0.543. The first-order valence-electron chi connectivity index (χ1n) is 12.1. The van der Waals surface area contributed by atoms with E-state index < -0.39 is 30.2 Å². The van der Waals surface area contributed by atoms with E-state index in [4.69, 9.17) is 0 Å². The molecule has 2 aromatic carbocycles. The van der Waals surface area contributed by atoms with Gasteiger partial charge in [0.05, 0.1) is 20.3 Å². The van der Waals surface area contributed by atoms with E-state index >= 15 is 0 Å². The van der Waals surface area contributed by atoms with Crippen LogP contribution in [0.3, 0.4) is 0 Å². The molecule has 0 amide bonds. The minimum Gasteiger partial charge on any atom is -0.223 e. The molecule has 0 heterocycles. The summed E-state index contributed by atoms with van der Waals surface area (Å²) in [5.41, 5.74) is -0.105. The van der Waals surface area contributed by atoms with E-state index in [0.29, 0.717) is 11.8 Å². The van der Waals surface area contributed by atoms with Gasteiger partial charge in [0.15, 0.2) is 19.7 Å². The fourth-order valence-electron chi connectivity index (χ4n) is 9.97. The summed E-state index contributed by atoms with van der Waals surface area (Å²) in [5.74, 6) is 0.736. The molecule has 33 heavy (non-hydrogen) atoms. The third-order valence-corrected chi connectivity index (χ3v) is 15.3. The van der Waals surface area contributed by atoms with Crippen LogP contribution in [0.4, 0.5) is 0 Å². The Kier molecular flexibility index (Phi) is 3.23. The molecule has 0 aliphatic heterocycles. The molecule has 4 bridgehead atoms. The summed E-state index contributed by atoms with van der Waals surface area (Å²) >= 11 is 0. The average Bonchev–Trinajstić information content (AvgIpc) is 3.60. The smallest absolute Gasteiger partial charge is 0.182 e. The van der Waals surface area contributed by atoms with E-state index in [-0.39, 0.29) is 37.9 Å². The summed E-state index contributed by atoms with van der Waals surface area (Å²) in [6.07, 6.45) is 8.72. The number of sulfone groups is 2. The van der Waals surface area contributed by atoms with E-state index in [2.05, 4.69) is 12.2 Å². The Bertz CT molecular complexity index is 1340. The standard InChI is InChI=1S/C27H26O4S2/c28-32(29,19-7-3-1-4-8-19)21-22(33(30,31)20-9-5-2-6-10-20)24-25(13-14-25)23(21)26-16-27(24,26)18-12-11-17(26)15-18/h1-12,17-18,21-24H,13-16H2/t17-,18+,21-,22+,23+,24-,26+,27-. The second kappa shape index (κ2) is 5.49. The second-order valence-corrected chi connectivity index (χ2v) is 15.6. The van der Waals surface area contributed by atoms with Crippen LogP contribution in [0, 0.1) is 39.9 Å². The highest BCUT2D eigenvalue weighted by Crippen LogP contribution is 3.00. The first-order valence-corrected chi connectivity index (χ1v) is 15.2. The summed E-state index contributed by atoms with van der Waals surface area (Å²) in [6, 6.07) is 17.2. The molecular formula is C27H26O4S2. The van der Waals surface area contributed by atoms with Crippen LogP contribution in [0.1, 0.15) is 25.7 Å². The van der Waals surface area contributed by atoms with Crippen LogP contribution in [0.2, 0.25) is 0 Å². The number of rotatable bonds is 4. The number of allylic oxidation sites excluding steroid dienone is 2. The number of hydrogen-bond donors (Lipinski definition) is 0. The van der Waals surface area contributed by atoms with Crippen molar-refractivity contribution in [3.8, 4) is 0 Å². The first kappa shape index (κ1) is 19.4. The van der Waals surface area contributed by atoms with Gasteiger partial charge < -0.3 is 0 Å². The van der Waals surface area contributed by atoms with Crippen molar-refractivity contribution in [1.82, 2.24) is 0 Å². The van der Waals surface area contributed by atoms with Crippen LogP contribution in [0.25, 0.3) is 0 Å². The lowest BCUT2D eigenvalue weighted by atomic mass is 9.73. The molecule has 170 valence electrons. The maximum absolute atomic E-state index is 14.3. The molecule has 6 aliphatic rings. The summed E-state index contributed by atoms with van der Waals surface area (Å²) < 4.78 is 57.2. The molecule has 5 saturated carbocycles. The molecule has 0 unspecified atom stereocenters. The van der Waals surface area contributed by atoms with E-state index in [1.165, 1.54) is 0 Å². The summed E-state index contributed by atoms with van der Waals surface area (Å²) in [7, 11) is -7.63. The van der Waals surface area contributed by atoms with Gasteiger partial charge >= 0.3 is 0 Å². The van der Waals surface area contributed by atoms with Crippen molar-refractivity contribution >= 4 is 19.7 Å². The Morgan fingerprint density at radius 2 is 1.06 bits per heavy atom. The summed E-state index contributed by atoms with van der Waals surface area (Å²) in [5, 5.41) is -1.72. The highest BCUT2D eigenvalue weighted by molar-refractivity contribution is 7.96. The first-order chi connectivity index (χ1) is 15.8. The van der Waals surface area contributed by atoms with Crippen LogP contribution >= 0.6 is 0 Å². The molecule has 5 fully saturated rings. The van der Waals surface area contributed by atoms with Crippen molar-refractivity contribution in [2.24, 2.45) is 39.9 Å². The molecule has 1 spiro atoms. The number of fused-ring (bicyclic) bond motifs is 2. The SMILES string of the molecule is O=S(=O)(c1ccccc1)[C@@H]1[C@H](S(=O)(=O)c2ccccc2)[C@@H]2C3(CC3)[C@H]1[C@@]13C[C@@]21[C@H]1C=C[C@@H]3C1. The van der Waals surface area contributed by atoms with Crippen LogP contribution in [-0.2, 0) is 19.7 Å². The van der Waals surface area contributed by atoms with Crippen LogP contribution in [0.5, 0.6) is 0 Å². The largest absolute Gasteiger partial charge is 0.223 e. The van der Waals surface area contributed by atoms with Crippen LogP contribution < -0.4 is 0 Å². The Morgan fingerprint density at radius 1 is 0.636 bits per heavy atom. The molecule has 0 saturated heterocycles. The molecule has 2 aromatic rings. The lowest BCUT2D eigenvalue weighted by Gasteiger charge is -2.40. The normalized spacial score (nSPS) is 44.7. The van der Waals surface area contributed by atoms with E-state index in [9.17, 15) is 16.8 Å². The minimum atomic E-state index is -3.81. The Morgan fingerprint density at radius 3 is 1.45 bits per heavy atom. The quantitative estimate of drug-likeness (QED) is 0.615. The van der Waals surface area contributed by atoms with E-state index in [1.54, 1.807) is 48.5 Å². The monoisotopic (exact) mass is 478 g/mol. The third kappa shape index (κ3) is 1.85. The van der Waals surface area contributed by atoms with Crippen molar-refractivity contribution in [2.75, 3.05) is 0 Å².